The quantitative estimate of drug-likeness (QED) is 0.720. The lowest BCUT2D eigenvalue weighted by molar-refractivity contribution is -0.134. The van der Waals surface area contributed by atoms with Crippen LogP contribution in [-0.4, -0.2) is 18.4 Å². The van der Waals surface area contributed by atoms with Crippen LogP contribution in [0.15, 0.2) is 18.2 Å². The maximum absolute atomic E-state index is 11.8. The van der Waals surface area contributed by atoms with E-state index in [1.807, 2.05) is 6.07 Å². The van der Waals surface area contributed by atoms with Crippen molar-refractivity contribution >= 4 is 11.8 Å². The summed E-state index contributed by atoms with van der Waals surface area (Å²) in [5, 5.41) is 5.75. The van der Waals surface area contributed by atoms with Gasteiger partial charge in [-0.25, -0.2) is 0 Å². The van der Waals surface area contributed by atoms with Gasteiger partial charge in [-0.05, 0) is 36.1 Å². The number of rotatable bonds is 1. The molecule has 0 bridgehead atoms. The molecule has 0 radical (unpaired) electrons. The number of hydrogen-bond donors (Lipinski definition) is 2. The maximum Gasteiger partial charge on any atom is 0.234 e. The Morgan fingerprint density at radius 3 is 2.83 bits per heavy atom. The van der Waals surface area contributed by atoms with E-state index in [9.17, 15) is 9.59 Å². The second kappa shape index (κ2) is 4.53. The van der Waals surface area contributed by atoms with Crippen LogP contribution in [0.2, 0.25) is 0 Å². The Balaban J connectivity index is 1.88. The molecule has 2 amide bonds. The zero-order valence-corrected chi connectivity index (χ0v) is 10.2. The molecule has 1 saturated heterocycles. The van der Waals surface area contributed by atoms with Gasteiger partial charge in [0.2, 0.25) is 11.8 Å². The molecule has 1 fully saturated rings. The van der Waals surface area contributed by atoms with Gasteiger partial charge in [-0.15, -0.1) is 0 Å². The first kappa shape index (κ1) is 11.4. The maximum atomic E-state index is 11.8. The third-order valence-corrected chi connectivity index (χ3v) is 3.76. The number of hydrogen-bond acceptors (Lipinski definition) is 3. The standard InChI is InChI=1S/C14H16N2O2/c17-13-4-3-12(14(18)16-13)10-1-2-11-8-15-6-5-9(11)7-10/h1-2,7,12,15H,3-6,8H2,(H,16,17,18)/t12-/m1/s1. The number of piperidine rings is 1. The molecule has 0 aromatic heterocycles. The van der Waals surface area contributed by atoms with Crippen molar-refractivity contribution in [2.45, 2.75) is 31.7 Å². The first-order valence-corrected chi connectivity index (χ1v) is 6.40. The SMILES string of the molecule is O=C1CC[C@H](c2ccc3c(c2)CCNC3)C(=O)N1. The fraction of sp³-hybridized carbons (Fsp3) is 0.429. The van der Waals surface area contributed by atoms with Crippen molar-refractivity contribution in [3.63, 3.8) is 0 Å². The number of amides is 2. The minimum absolute atomic E-state index is 0.153. The molecule has 0 spiro atoms. The molecule has 1 atom stereocenters. The van der Waals surface area contributed by atoms with Crippen molar-refractivity contribution in [1.29, 1.82) is 0 Å². The molecule has 2 aliphatic rings. The lowest BCUT2D eigenvalue weighted by Gasteiger charge is -2.23. The van der Waals surface area contributed by atoms with E-state index < -0.39 is 0 Å². The summed E-state index contributed by atoms with van der Waals surface area (Å²) < 4.78 is 0. The summed E-state index contributed by atoms with van der Waals surface area (Å²) in [6, 6.07) is 6.25. The Morgan fingerprint density at radius 1 is 1.11 bits per heavy atom. The van der Waals surface area contributed by atoms with Gasteiger partial charge in [0.1, 0.15) is 0 Å². The molecule has 2 aliphatic heterocycles. The highest BCUT2D eigenvalue weighted by molar-refractivity contribution is 6.00. The fourth-order valence-electron chi connectivity index (χ4n) is 2.73. The van der Waals surface area contributed by atoms with Gasteiger partial charge in [0.25, 0.3) is 0 Å². The number of benzene rings is 1. The Hall–Kier alpha value is -1.68. The molecule has 1 aromatic rings. The van der Waals surface area contributed by atoms with Crippen molar-refractivity contribution in [2.24, 2.45) is 0 Å². The molecular weight excluding hydrogens is 228 g/mol. The summed E-state index contributed by atoms with van der Waals surface area (Å²) in [7, 11) is 0. The van der Waals surface area contributed by atoms with Crippen molar-refractivity contribution in [1.82, 2.24) is 10.6 Å². The lowest BCUT2D eigenvalue weighted by atomic mass is 9.87. The van der Waals surface area contributed by atoms with Gasteiger partial charge in [0.15, 0.2) is 0 Å². The van der Waals surface area contributed by atoms with E-state index in [1.165, 1.54) is 11.1 Å². The Bertz CT molecular complexity index is 511. The number of carbonyl (C=O) groups is 2. The summed E-state index contributed by atoms with van der Waals surface area (Å²) in [6.45, 7) is 1.90. The molecule has 0 unspecified atom stereocenters. The first-order chi connectivity index (χ1) is 8.74. The molecule has 3 rings (SSSR count). The van der Waals surface area contributed by atoms with Crippen LogP contribution in [0.4, 0.5) is 0 Å². The van der Waals surface area contributed by atoms with Crippen LogP contribution in [0.25, 0.3) is 0 Å². The number of imide groups is 1. The molecule has 2 heterocycles. The molecule has 4 nitrogen and oxygen atoms in total. The van der Waals surface area contributed by atoms with Crippen LogP contribution >= 0.6 is 0 Å². The van der Waals surface area contributed by atoms with Crippen LogP contribution in [0.3, 0.4) is 0 Å². The highest BCUT2D eigenvalue weighted by atomic mass is 16.2. The summed E-state index contributed by atoms with van der Waals surface area (Å²) >= 11 is 0. The van der Waals surface area contributed by atoms with E-state index in [0.717, 1.165) is 25.1 Å². The van der Waals surface area contributed by atoms with E-state index >= 15 is 0 Å². The van der Waals surface area contributed by atoms with Gasteiger partial charge in [-0.3, -0.25) is 14.9 Å². The van der Waals surface area contributed by atoms with Crippen LogP contribution in [0.5, 0.6) is 0 Å². The fourth-order valence-corrected chi connectivity index (χ4v) is 2.73. The Labute approximate surface area is 106 Å². The third kappa shape index (κ3) is 2.04. The zero-order chi connectivity index (χ0) is 12.5. The summed E-state index contributed by atoms with van der Waals surface area (Å²) in [4.78, 5) is 23.0. The number of nitrogens with one attached hydrogen (secondary N) is 2. The molecule has 18 heavy (non-hydrogen) atoms. The minimum Gasteiger partial charge on any atom is -0.312 e. The average molecular weight is 244 g/mol. The normalized spacial score (nSPS) is 23.4. The highest BCUT2D eigenvalue weighted by Gasteiger charge is 2.28. The monoisotopic (exact) mass is 244 g/mol. The summed E-state index contributed by atoms with van der Waals surface area (Å²) in [5.74, 6) is -0.471. The Morgan fingerprint density at radius 2 is 2.00 bits per heavy atom. The highest BCUT2D eigenvalue weighted by Crippen LogP contribution is 2.27. The largest absolute Gasteiger partial charge is 0.312 e. The molecule has 1 aromatic carbocycles. The predicted molar refractivity (Wildman–Crippen MR) is 67.0 cm³/mol. The average Bonchev–Trinajstić information content (AvgIpc) is 2.38. The number of carbonyl (C=O) groups excluding carboxylic acids is 2. The van der Waals surface area contributed by atoms with Crippen molar-refractivity contribution in [3.05, 3.63) is 34.9 Å². The van der Waals surface area contributed by atoms with E-state index in [1.54, 1.807) is 0 Å². The van der Waals surface area contributed by atoms with Crippen molar-refractivity contribution in [3.8, 4) is 0 Å². The second-order valence-corrected chi connectivity index (χ2v) is 4.96. The second-order valence-electron chi connectivity index (χ2n) is 4.96. The van der Waals surface area contributed by atoms with Gasteiger partial charge in [-0.2, -0.15) is 0 Å². The molecule has 0 aliphatic carbocycles. The van der Waals surface area contributed by atoms with Gasteiger partial charge in [-0.1, -0.05) is 18.2 Å². The van der Waals surface area contributed by atoms with Crippen LogP contribution < -0.4 is 10.6 Å². The van der Waals surface area contributed by atoms with Gasteiger partial charge < -0.3 is 5.32 Å². The summed E-state index contributed by atoms with van der Waals surface area (Å²) in [5.41, 5.74) is 3.69. The topological polar surface area (TPSA) is 58.2 Å². The van der Waals surface area contributed by atoms with Crippen LogP contribution in [0, 0.1) is 0 Å². The molecule has 2 N–H and O–H groups in total. The zero-order valence-electron chi connectivity index (χ0n) is 10.2. The molecule has 0 saturated carbocycles. The Kier molecular flexibility index (Phi) is 2.88. The smallest absolute Gasteiger partial charge is 0.234 e. The molecule has 94 valence electrons. The number of fused-ring (bicyclic) bond motifs is 1. The molecule has 4 heteroatoms. The first-order valence-electron chi connectivity index (χ1n) is 6.40. The van der Waals surface area contributed by atoms with Crippen molar-refractivity contribution in [2.75, 3.05) is 6.54 Å². The summed E-state index contributed by atoms with van der Waals surface area (Å²) in [6.07, 6.45) is 2.08. The van der Waals surface area contributed by atoms with Gasteiger partial charge >= 0.3 is 0 Å². The van der Waals surface area contributed by atoms with E-state index in [0.29, 0.717) is 12.8 Å². The van der Waals surface area contributed by atoms with Crippen LogP contribution in [-0.2, 0) is 22.6 Å². The molecular formula is C14H16N2O2. The van der Waals surface area contributed by atoms with Gasteiger partial charge in [0, 0.05) is 13.0 Å². The van der Waals surface area contributed by atoms with Gasteiger partial charge in [0.05, 0.1) is 5.92 Å². The van der Waals surface area contributed by atoms with E-state index in [-0.39, 0.29) is 17.7 Å². The minimum atomic E-state index is -0.164. The van der Waals surface area contributed by atoms with Crippen molar-refractivity contribution < 1.29 is 9.59 Å². The van der Waals surface area contributed by atoms with E-state index in [4.69, 9.17) is 0 Å². The lowest BCUT2D eigenvalue weighted by Crippen LogP contribution is -2.39. The predicted octanol–water partition coefficient (Wildman–Crippen LogP) is 0.852. The van der Waals surface area contributed by atoms with E-state index in [2.05, 4.69) is 22.8 Å². The third-order valence-electron chi connectivity index (χ3n) is 3.76. The van der Waals surface area contributed by atoms with Crippen LogP contribution in [0.1, 0.15) is 35.4 Å².